The smallest absolute Gasteiger partial charge is 0.218 e. The van der Waals surface area contributed by atoms with Crippen molar-refractivity contribution in [3.8, 4) is 0 Å². The van der Waals surface area contributed by atoms with Crippen LogP contribution in [0.4, 0.5) is 4.39 Å². The molecule has 0 unspecified atom stereocenters. The zero-order chi connectivity index (χ0) is 5.11. The third-order valence-electron chi connectivity index (χ3n) is 0.480. The Morgan fingerprint density at radius 3 is 2.86 bits per heavy atom. The summed E-state index contributed by atoms with van der Waals surface area (Å²) < 4.78 is 15.3. The van der Waals surface area contributed by atoms with Gasteiger partial charge in [0.05, 0.1) is 0 Å². The van der Waals surface area contributed by atoms with Gasteiger partial charge in [0.15, 0.2) is 0 Å². The van der Waals surface area contributed by atoms with Crippen LogP contribution in [0, 0.1) is 0 Å². The number of rotatable bonds is 0. The number of halogens is 2. The molecule has 0 amide bonds. The van der Waals surface area contributed by atoms with Gasteiger partial charge in [-0.1, -0.05) is 20.7 Å². The lowest BCUT2D eigenvalue weighted by Crippen LogP contribution is -1.85. The highest BCUT2D eigenvalue weighted by Crippen LogP contribution is 2.02. The number of nitrogens with zero attached hydrogens (tertiary/aromatic N) is 1. The average molecular weight is 211 g/mol. The molecule has 0 aromatic carbocycles. The van der Waals surface area contributed by atoms with E-state index in [4.69, 9.17) is 0 Å². The summed E-state index contributed by atoms with van der Waals surface area (Å²) in [6.07, 6.45) is 1.52. The fourth-order valence-corrected chi connectivity index (χ4v) is 1.26. The van der Waals surface area contributed by atoms with E-state index in [0.717, 1.165) is 0 Å². The van der Waals surface area contributed by atoms with Gasteiger partial charge in [-0.05, 0) is 4.08 Å². The summed E-state index contributed by atoms with van der Waals surface area (Å²) in [6.45, 7) is 0. The summed E-state index contributed by atoms with van der Waals surface area (Å²) in [6, 6.07) is 0. The van der Waals surface area contributed by atoms with Gasteiger partial charge in [0, 0.05) is 10.2 Å². The van der Waals surface area contributed by atoms with E-state index < -0.39 is 0 Å². The van der Waals surface area contributed by atoms with Crippen molar-refractivity contribution in [1.29, 1.82) is 0 Å². The van der Waals surface area contributed by atoms with Crippen molar-refractivity contribution >= 4 is 30.7 Å². The second-order valence-electron chi connectivity index (χ2n) is 0.962. The summed E-state index contributed by atoms with van der Waals surface area (Å²) in [5, 5.41) is 0. The van der Waals surface area contributed by atoms with Gasteiger partial charge in [-0.2, -0.15) is 4.39 Å². The highest BCUT2D eigenvalue weighted by atomic mass is 127. The fourth-order valence-electron chi connectivity index (χ4n) is 0.248. The molecular weight excluding hydrogens is 208 g/mol. The third-order valence-corrected chi connectivity index (χ3v) is 2.09. The van der Waals surface area contributed by atoms with Gasteiger partial charge in [-0.25, -0.2) is 4.99 Å². The summed E-state index contributed by atoms with van der Waals surface area (Å²) in [4.78, 5) is 3.37. The molecule has 38 valence electrons. The van der Waals surface area contributed by atoms with E-state index in [1.54, 1.807) is 4.01 Å². The Hall–Kier alpha value is -0.0600. The molecule has 0 spiro atoms. The van der Waals surface area contributed by atoms with Crippen molar-refractivity contribution in [2.75, 3.05) is 0 Å². The lowest BCUT2D eigenvalue weighted by atomic mass is 10.8. The average Bonchev–Trinajstić information content (AvgIpc) is 1.69. The molecule has 0 aliphatic carbocycles. The normalized spacial score (nSPS) is 18.1. The van der Waals surface area contributed by atoms with Crippen molar-refractivity contribution < 1.29 is 4.39 Å². The van der Waals surface area contributed by atoms with Crippen molar-refractivity contribution in [2.45, 2.75) is 0 Å². The zero-order valence-electron chi connectivity index (χ0n) is 3.44. The molecule has 0 saturated carbocycles. The van der Waals surface area contributed by atoms with Crippen LogP contribution < -0.4 is 0 Å². The molecule has 0 atom stereocenters. The minimum atomic E-state index is -0.324. The van der Waals surface area contributed by atoms with Crippen molar-refractivity contribution in [1.82, 2.24) is 0 Å². The van der Waals surface area contributed by atoms with Gasteiger partial charge in [0.25, 0.3) is 0 Å². The molecule has 0 N–H and O–H groups in total. The first-order chi connectivity index (χ1) is 3.39. The van der Waals surface area contributed by atoms with Gasteiger partial charge in [0.1, 0.15) is 0 Å². The van der Waals surface area contributed by atoms with Crippen LogP contribution in [0.25, 0.3) is 0 Å². The molecule has 1 nitrogen and oxygen atoms in total. The molecule has 0 aromatic heterocycles. The van der Waals surface area contributed by atoms with Gasteiger partial charge in [-0.3, -0.25) is 0 Å². The first-order valence-corrected chi connectivity index (χ1v) is 4.22. The molecule has 0 fully saturated rings. The Balaban J connectivity index is 2.82. The maximum absolute atomic E-state index is 11.9. The first kappa shape index (κ1) is 5.08. The molecule has 0 saturated heterocycles. The Kier molecular flexibility index (Phi) is 1.67. The molecule has 0 aromatic rings. The second kappa shape index (κ2) is 2.30. The SMILES string of the molecule is FC1=NC=CI=C1. The maximum atomic E-state index is 11.9. The first-order valence-electron chi connectivity index (χ1n) is 1.73. The highest BCUT2D eigenvalue weighted by molar-refractivity contribution is 14.2. The van der Waals surface area contributed by atoms with Crippen LogP contribution in [0.5, 0.6) is 0 Å². The molecular formula is C4H3FIN. The zero-order valence-corrected chi connectivity index (χ0v) is 5.59. The summed E-state index contributed by atoms with van der Waals surface area (Å²) in [5.41, 5.74) is 0. The number of hydrogen-bond acceptors (Lipinski definition) is 1. The van der Waals surface area contributed by atoms with Gasteiger partial charge in [0.2, 0.25) is 5.97 Å². The van der Waals surface area contributed by atoms with E-state index >= 15 is 0 Å². The molecule has 1 aliphatic heterocycles. The number of hydrogen-bond donors (Lipinski definition) is 0. The predicted octanol–water partition coefficient (Wildman–Crippen LogP) is 1.61. The maximum Gasteiger partial charge on any atom is 0.218 e. The van der Waals surface area contributed by atoms with Crippen LogP contribution in [0.1, 0.15) is 0 Å². The molecule has 7 heavy (non-hydrogen) atoms. The van der Waals surface area contributed by atoms with Crippen LogP contribution >= 0.6 is 20.7 Å². The summed E-state index contributed by atoms with van der Waals surface area (Å²) >= 11 is -0.137. The minimum absolute atomic E-state index is 0.137. The highest BCUT2D eigenvalue weighted by Gasteiger charge is 1.86. The molecule has 0 bridgehead atoms. The Labute approximate surface area is 50.7 Å². The van der Waals surface area contributed by atoms with E-state index in [9.17, 15) is 4.39 Å². The Morgan fingerprint density at radius 2 is 2.57 bits per heavy atom. The molecule has 1 aliphatic rings. The van der Waals surface area contributed by atoms with Crippen molar-refractivity contribution in [3.05, 3.63) is 10.3 Å². The lowest BCUT2D eigenvalue weighted by molar-refractivity contribution is 0.825. The largest absolute Gasteiger partial charge is 0.227 e. The predicted molar refractivity (Wildman–Crippen MR) is 37.8 cm³/mol. The van der Waals surface area contributed by atoms with Crippen LogP contribution in [-0.2, 0) is 0 Å². The van der Waals surface area contributed by atoms with E-state index in [-0.39, 0.29) is 26.7 Å². The van der Waals surface area contributed by atoms with Crippen LogP contribution in [0.3, 0.4) is 0 Å². The van der Waals surface area contributed by atoms with Gasteiger partial charge in [-0.15, -0.1) is 0 Å². The standard InChI is InChI=1S/C4H3FIN/c5-4-3-6-1-2-7-4/h1-3H. The van der Waals surface area contributed by atoms with E-state index in [1.807, 2.05) is 4.08 Å². The third kappa shape index (κ3) is 1.46. The van der Waals surface area contributed by atoms with Crippen molar-refractivity contribution in [3.63, 3.8) is 0 Å². The molecule has 1 rings (SSSR count). The summed E-state index contributed by atoms with van der Waals surface area (Å²) in [7, 11) is 0. The van der Waals surface area contributed by atoms with Gasteiger partial charge >= 0.3 is 0 Å². The van der Waals surface area contributed by atoms with E-state index in [2.05, 4.69) is 4.99 Å². The second-order valence-corrected chi connectivity index (χ2v) is 3.02. The topological polar surface area (TPSA) is 12.4 Å². The molecule has 1 heterocycles. The van der Waals surface area contributed by atoms with Crippen LogP contribution in [0.2, 0.25) is 0 Å². The van der Waals surface area contributed by atoms with Crippen molar-refractivity contribution in [2.24, 2.45) is 4.99 Å². The molecule has 0 radical (unpaired) electrons. The lowest BCUT2D eigenvalue weighted by Gasteiger charge is -1.83. The van der Waals surface area contributed by atoms with Gasteiger partial charge < -0.3 is 0 Å². The monoisotopic (exact) mass is 211 g/mol. The Bertz CT molecular complexity index is 148. The van der Waals surface area contributed by atoms with Crippen LogP contribution in [-0.4, -0.2) is 9.98 Å². The Morgan fingerprint density at radius 1 is 1.71 bits per heavy atom. The fraction of sp³-hybridized carbons (Fsp3) is 0. The van der Waals surface area contributed by atoms with Crippen LogP contribution in [0.15, 0.2) is 15.3 Å². The van der Waals surface area contributed by atoms with E-state index in [1.165, 1.54) is 6.20 Å². The quantitative estimate of drug-likeness (QED) is 0.539. The molecule has 3 heteroatoms. The summed E-state index contributed by atoms with van der Waals surface area (Å²) in [5.74, 6) is -0.324. The van der Waals surface area contributed by atoms with E-state index in [0.29, 0.717) is 0 Å². The number of aliphatic imine (C=N–C) groups is 1. The minimum Gasteiger partial charge on any atom is -0.227 e.